The molecule has 0 saturated heterocycles. The van der Waals surface area contributed by atoms with E-state index in [1.54, 1.807) is 25.3 Å². The normalized spacial score (nSPS) is 29.3. The third-order valence-corrected chi connectivity index (χ3v) is 10.3. The molecule has 1 aromatic carbocycles. The van der Waals surface area contributed by atoms with Gasteiger partial charge < -0.3 is 15.5 Å². The second-order valence-electron chi connectivity index (χ2n) is 11.9. The Kier molecular flexibility index (Phi) is 5.86. The summed E-state index contributed by atoms with van der Waals surface area (Å²) in [5.74, 6) is -0.307. The molecule has 7 nitrogen and oxygen atoms in total. The van der Waals surface area contributed by atoms with E-state index < -0.39 is 34.3 Å². The number of carboxylic acids is 1. The highest BCUT2D eigenvalue weighted by Crippen LogP contribution is 2.70. The molecule has 0 radical (unpaired) electrons. The van der Waals surface area contributed by atoms with Crippen LogP contribution >= 0.6 is 11.3 Å². The molecule has 4 bridgehead atoms. The standard InChI is InChI=1S/C28H29F3N4O3S/c1-15-5-18(8-19(6-15)34-24-32-4-3-21(35-24)28(29,30)31)20-13-33-22(39-20)25(2,38)27-11-16-7-17(12-27)10-26(9-16,14-27)23(36)37/h3-6,8,13,16-17,38H,7,9-12,14H2,1-2H3,(H,36,37)(H,32,34,35). The van der Waals surface area contributed by atoms with Gasteiger partial charge in [0.2, 0.25) is 5.95 Å². The van der Waals surface area contributed by atoms with E-state index in [-0.39, 0.29) is 5.95 Å². The Morgan fingerprint density at radius 3 is 2.51 bits per heavy atom. The van der Waals surface area contributed by atoms with Crippen LogP contribution in [0.4, 0.5) is 24.8 Å². The van der Waals surface area contributed by atoms with Crippen molar-refractivity contribution >= 4 is 28.9 Å². The smallest absolute Gasteiger partial charge is 0.433 e. The average Bonchev–Trinajstić information content (AvgIpc) is 3.34. The number of alkyl halides is 3. The first-order chi connectivity index (χ1) is 18.3. The predicted molar refractivity (Wildman–Crippen MR) is 139 cm³/mol. The maximum atomic E-state index is 13.1. The van der Waals surface area contributed by atoms with Crippen molar-refractivity contribution in [3.05, 3.63) is 52.9 Å². The third kappa shape index (κ3) is 4.39. The summed E-state index contributed by atoms with van der Waals surface area (Å²) in [6.07, 6.45) is 2.65. The van der Waals surface area contributed by atoms with E-state index >= 15 is 0 Å². The highest BCUT2D eigenvalue weighted by atomic mass is 32.1. The zero-order valence-electron chi connectivity index (χ0n) is 21.5. The summed E-state index contributed by atoms with van der Waals surface area (Å²) in [6, 6.07) is 6.33. The van der Waals surface area contributed by atoms with Crippen LogP contribution in [-0.4, -0.2) is 31.1 Å². The molecule has 7 rings (SSSR count). The fourth-order valence-electron chi connectivity index (χ4n) is 7.65. The molecule has 3 aromatic rings. The molecule has 3 N–H and O–H groups in total. The molecule has 39 heavy (non-hydrogen) atoms. The molecule has 0 aliphatic heterocycles. The quantitative estimate of drug-likeness (QED) is 0.315. The molecule has 4 saturated carbocycles. The number of aromatic nitrogens is 3. The van der Waals surface area contributed by atoms with Crippen LogP contribution in [0.15, 0.2) is 36.7 Å². The van der Waals surface area contributed by atoms with Crippen LogP contribution in [-0.2, 0) is 16.6 Å². The van der Waals surface area contributed by atoms with Crippen LogP contribution in [0.3, 0.4) is 0 Å². The topological polar surface area (TPSA) is 108 Å². The fourth-order valence-corrected chi connectivity index (χ4v) is 8.72. The lowest BCUT2D eigenvalue weighted by molar-refractivity contribution is -0.213. The molecule has 4 aliphatic carbocycles. The summed E-state index contributed by atoms with van der Waals surface area (Å²) < 4.78 is 39.2. The first kappa shape index (κ1) is 26.2. The zero-order valence-corrected chi connectivity index (χ0v) is 22.4. The minimum absolute atomic E-state index is 0.163. The summed E-state index contributed by atoms with van der Waals surface area (Å²) in [5, 5.41) is 25.6. The summed E-state index contributed by atoms with van der Waals surface area (Å²) in [6.45, 7) is 3.66. The van der Waals surface area contributed by atoms with Crippen molar-refractivity contribution in [3.63, 3.8) is 0 Å². The van der Waals surface area contributed by atoms with Gasteiger partial charge >= 0.3 is 12.1 Å². The average molecular weight is 559 g/mol. The molecule has 3 unspecified atom stereocenters. The Morgan fingerprint density at radius 1 is 1.13 bits per heavy atom. The lowest BCUT2D eigenvalue weighted by Crippen LogP contribution is -2.61. The van der Waals surface area contributed by atoms with Gasteiger partial charge in [-0.1, -0.05) is 6.07 Å². The molecule has 0 spiro atoms. The van der Waals surface area contributed by atoms with Crippen molar-refractivity contribution in [1.29, 1.82) is 0 Å². The van der Waals surface area contributed by atoms with Crippen LogP contribution in [0.25, 0.3) is 10.4 Å². The Hall–Kier alpha value is -3.05. The predicted octanol–water partition coefficient (Wildman–Crippen LogP) is 6.55. The minimum atomic E-state index is -4.58. The summed E-state index contributed by atoms with van der Waals surface area (Å²) in [4.78, 5) is 25.3. The first-order valence-corrected chi connectivity index (χ1v) is 13.8. The monoisotopic (exact) mass is 558 g/mol. The maximum Gasteiger partial charge on any atom is 0.433 e. The van der Waals surface area contributed by atoms with E-state index in [1.165, 1.54) is 11.3 Å². The molecule has 4 fully saturated rings. The van der Waals surface area contributed by atoms with Crippen molar-refractivity contribution in [2.45, 2.75) is 64.1 Å². The SMILES string of the molecule is Cc1cc(Nc2nccc(C(F)(F)F)n2)cc(-c2cnc(C(C)(O)C34CC5CC(CC(C(=O)O)(C5)C3)C4)s2)c1. The number of carboxylic acid groups (broad SMARTS) is 1. The number of nitrogens with zero attached hydrogens (tertiary/aromatic N) is 3. The van der Waals surface area contributed by atoms with Gasteiger partial charge in [0.1, 0.15) is 16.3 Å². The van der Waals surface area contributed by atoms with E-state index in [4.69, 9.17) is 0 Å². The number of thiazole rings is 1. The number of benzene rings is 1. The molecule has 206 valence electrons. The number of aryl methyl sites for hydroxylation is 1. The summed E-state index contributed by atoms with van der Waals surface area (Å²) >= 11 is 1.36. The van der Waals surface area contributed by atoms with E-state index in [0.717, 1.165) is 47.5 Å². The van der Waals surface area contributed by atoms with E-state index in [2.05, 4.69) is 20.3 Å². The molecular weight excluding hydrogens is 529 g/mol. The van der Waals surface area contributed by atoms with Gasteiger partial charge in [0.15, 0.2) is 0 Å². The molecule has 2 aromatic heterocycles. The van der Waals surface area contributed by atoms with Crippen LogP contribution in [0, 0.1) is 29.6 Å². The first-order valence-electron chi connectivity index (χ1n) is 13.0. The second kappa shape index (κ2) is 8.72. The molecule has 3 atom stereocenters. The van der Waals surface area contributed by atoms with Crippen molar-refractivity contribution < 1.29 is 28.2 Å². The lowest BCUT2D eigenvalue weighted by atomic mass is 9.41. The highest BCUT2D eigenvalue weighted by molar-refractivity contribution is 7.15. The summed E-state index contributed by atoms with van der Waals surface area (Å²) in [7, 11) is 0. The maximum absolute atomic E-state index is 13.1. The van der Waals surface area contributed by atoms with Gasteiger partial charge in [0, 0.05) is 23.5 Å². The van der Waals surface area contributed by atoms with Gasteiger partial charge in [-0.25, -0.2) is 15.0 Å². The van der Waals surface area contributed by atoms with Gasteiger partial charge in [-0.15, -0.1) is 11.3 Å². The Bertz CT molecular complexity index is 1440. The van der Waals surface area contributed by atoms with Crippen molar-refractivity contribution in [3.8, 4) is 10.4 Å². The van der Waals surface area contributed by atoms with Gasteiger partial charge in [0.25, 0.3) is 0 Å². The number of halogens is 3. The number of hydrogen-bond donors (Lipinski definition) is 3. The number of hydrogen-bond acceptors (Lipinski definition) is 7. The number of carbonyl (C=O) groups is 1. The van der Waals surface area contributed by atoms with Crippen molar-refractivity contribution in [2.24, 2.45) is 22.7 Å². The number of nitrogens with one attached hydrogen (secondary N) is 1. The molecule has 0 amide bonds. The Morgan fingerprint density at radius 2 is 1.85 bits per heavy atom. The van der Waals surface area contributed by atoms with Gasteiger partial charge in [-0.05, 0) is 93.5 Å². The number of anilines is 2. The van der Waals surface area contributed by atoms with Gasteiger partial charge in [-0.2, -0.15) is 13.2 Å². The third-order valence-electron chi connectivity index (χ3n) is 9.03. The van der Waals surface area contributed by atoms with Gasteiger partial charge in [-0.3, -0.25) is 4.79 Å². The van der Waals surface area contributed by atoms with Gasteiger partial charge in [0.05, 0.1) is 10.3 Å². The number of aliphatic carboxylic acids is 1. The zero-order chi connectivity index (χ0) is 27.8. The fraction of sp³-hybridized carbons (Fsp3) is 0.500. The molecular formula is C28H29F3N4O3S. The van der Waals surface area contributed by atoms with Crippen LogP contribution in [0.1, 0.15) is 61.7 Å². The molecule has 2 heterocycles. The number of aliphatic hydroxyl groups is 1. The van der Waals surface area contributed by atoms with Crippen LogP contribution < -0.4 is 5.32 Å². The van der Waals surface area contributed by atoms with Crippen LogP contribution in [0.2, 0.25) is 0 Å². The van der Waals surface area contributed by atoms with E-state index in [0.29, 0.717) is 41.8 Å². The van der Waals surface area contributed by atoms with Crippen LogP contribution in [0.5, 0.6) is 0 Å². The molecule has 11 heteroatoms. The Balaban J connectivity index is 1.29. The van der Waals surface area contributed by atoms with Crippen molar-refractivity contribution in [1.82, 2.24) is 15.0 Å². The lowest BCUT2D eigenvalue weighted by Gasteiger charge is -2.64. The van der Waals surface area contributed by atoms with E-state index in [9.17, 15) is 28.2 Å². The largest absolute Gasteiger partial charge is 0.481 e. The van der Waals surface area contributed by atoms with Crippen molar-refractivity contribution in [2.75, 3.05) is 5.32 Å². The second-order valence-corrected chi connectivity index (χ2v) is 12.9. The molecule has 4 aliphatic rings. The van der Waals surface area contributed by atoms with E-state index in [1.807, 2.05) is 13.0 Å². The number of rotatable bonds is 6. The highest BCUT2D eigenvalue weighted by Gasteiger charge is 2.66. The summed E-state index contributed by atoms with van der Waals surface area (Å²) in [5.41, 5.74) is -1.44. The minimum Gasteiger partial charge on any atom is -0.481 e. The Labute approximate surface area is 227 Å².